The summed E-state index contributed by atoms with van der Waals surface area (Å²) in [6, 6.07) is 4.38. The molecule has 22 heavy (non-hydrogen) atoms. The Kier molecular flexibility index (Phi) is 3.95. The van der Waals surface area contributed by atoms with Gasteiger partial charge in [0.1, 0.15) is 5.69 Å². The summed E-state index contributed by atoms with van der Waals surface area (Å²) < 4.78 is 37.4. The van der Waals surface area contributed by atoms with Gasteiger partial charge in [0, 0.05) is 11.1 Å². The Bertz CT molecular complexity index is 715. The lowest BCUT2D eigenvalue weighted by Crippen LogP contribution is -2.28. The van der Waals surface area contributed by atoms with Gasteiger partial charge in [-0.1, -0.05) is 20.8 Å². The third-order valence-electron chi connectivity index (χ3n) is 2.88. The molecule has 0 spiro atoms. The van der Waals surface area contributed by atoms with Crippen molar-refractivity contribution in [3.05, 3.63) is 45.9 Å². The first-order chi connectivity index (χ1) is 10.1. The highest BCUT2D eigenvalue weighted by atomic mass is 19.4. The van der Waals surface area contributed by atoms with Crippen molar-refractivity contribution < 1.29 is 13.2 Å². The van der Waals surface area contributed by atoms with E-state index in [1.54, 1.807) is 0 Å². The van der Waals surface area contributed by atoms with Crippen molar-refractivity contribution in [2.75, 3.05) is 5.32 Å². The van der Waals surface area contributed by atoms with Crippen LogP contribution in [0.25, 0.3) is 0 Å². The van der Waals surface area contributed by atoms with Crippen molar-refractivity contribution in [2.45, 2.75) is 32.4 Å². The molecule has 0 fully saturated rings. The SMILES string of the molecule is CC(C)(C)c1nnc(Nc2ccc(C(F)(F)F)cc2)[nH]c1=O. The van der Waals surface area contributed by atoms with E-state index in [9.17, 15) is 18.0 Å². The molecule has 2 aromatic rings. The number of hydrogen-bond donors (Lipinski definition) is 2. The number of alkyl halides is 3. The number of halogens is 3. The van der Waals surface area contributed by atoms with Gasteiger partial charge in [0.2, 0.25) is 5.95 Å². The minimum Gasteiger partial charge on any atom is -0.324 e. The normalized spacial score (nSPS) is 12.3. The molecule has 2 N–H and O–H groups in total. The Morgan fingerprint density at radius 1 is 1.05 bits per heavy atom. The molecule has 8 heteroatoms. The lowest BCUT2D eigenvalue weighted by molar-refractivity contribution is -0.137. The number of anilines is 2. The molecule has 0 aliphatic carbocycles. The van der Waals surface area contributed by atoms with Crippen LogP contribution in [0.2, 0.25) is 0 Å². The molecule has 1 aromatic carbocycles. The molecule has 0 radical (unpaired) electrons. The second-order valence-corrected chi connectivity index (χ2v) is 5.80. The predicted octanol–water partition coefficient (Wildman–Crippen LogP) is 3.22. The number of nitrogens with one attached hydrogen (secondary N) is 2. The summed E-state index contributed by atoms with van der Waals surface area (Å²) in [6.07, 6.45) is -4.39. The van der Waals surface area contributed by atoms with Crippen molar-refractivity contribution in [1.82, 2.24) is 15.2 Å². The van der Waals surface area contributed by atoms with Gasteiger partial charge >= 0.3 is 6.18 Å². The minimum absolute atomic E-state index is 0.0674. The highest BCUT2D eigenvalue weighted by Crippen LogP contribution is 2.30. The van der Waals surface area contributed by atoms with Crippen LogP contribution in [-0.2, 0) is 11.6 Å². The highest BCUT2D eigenvalue weighted by Gasteiger charge is 2.30. The molecule has 0 atom stereocenters. The van der Waals surface area contributed by atoms with Gasteiger partial charge in [0.25, 0.3) is 5.56 Å². The fourth-order valence-electron chi connectivity index (χ4n) is 1.76. The van der Waals surface area contributed by atoms with E-state index >= 15 is 0 Å². The van der Waals surface area contributed by atoms with Gasteiger partial charge < -0.3 is 5.32 Å². The van der Waals surface area contributed by atoms with Gasteiger partial charge in [0.05, 0.1) is 5.56 Å². The van der Waals surface area contributed by atoms with Crippen molar-refractivity contribution >= 4 is 11.6 Å². The molecule has 0 unspecified atom stereocenters. The Morgan fingerprint density at radius 2 is 1.64 bits per heavy atom. The molecule has 0 saturated carbocycles. The second-order valence-electron chi connectivity index (χ2n) is 5.80. The Labute approximate surface area is 124 Å². The van der Waals surface area contributed by atoms with E-state index in [2.05, 4.69) is 20.5 Å². The fourth-order valence-corrected chi connectivity index (χ4v) is 1.76. The zero-order valence-corrected chi connectivity index (χ0v) is 12.2. The Balaban J connectivity index is 2.21. The van der Waals surface area contributed by atoms with E-state index in [0.717, 1.165) is 12.1 Å². The number of rotatable bonds is 2. The molecule has 1 heterocycles. The first kappa shape index (κ1) is 16.0. The summed E-state index contributed by atoms with van der Waals surface area (Å²) in [4.78, 5) is 14.4. The summed E-state index contributed by atoms with van der Waals surface area (Å²) in [5.74, 6) is 0.0674. The number of H-pyrrole nitrogens is 1. The van der Waals surface area contributed by atoms with Gasteiger partial charge in [-0.05, 0) is 24.3 Å². The van der Waals surface area contributed by atoms with E-state index in [4.69, 9.17) is 0 Å². The minimum atomic E-state index is -4.39. The third kappa shape index (κ3) is 3.63. The molecule has 0 aliphatic heterocycles. The lowest BCUT2D eigenvalue weighted by atomic mass is 9.93. The lowest BCUT2D eigenvalue weighted by Gasteiger charge is -2.15. The van der Waals surface area contributed by atoms with Gasteiger partial charge in [-0.2, -0.15) is 13.2 Å². The molecular weight excluding hydrogens is 297 g/mol. The van der Waals surface area contributed by atoms with Crippen molar-refractivity contribution in [3.63, 3.8) is 0 Å². The van der Waals surface area contributed by atoms with Crippen LogP contribution in [-0.4, -0.2) is 15.2 Å². The summed E-state index contributed by atoms with van der Waals surface area (Å²) >= 11 is 0. The van der Waals surface area contributed by atoms with Crippen LogP contribution in [0.4, 0.5) is 24.8 Å². The summed E-state index contributed by atoms with van der Waals surface area (Å²) in [5.41, 5.74) is -0.947. The monoisotopic (exact) mass is 312 g/mol. The molecular formula is C14H15F3N4O. The highest BCUT2D eigenvalue weighted by molar-refractivity contribution is 5.53. The number of benzene rings is 1. The summed E-state index contributed by atoms with van der Waals surface area (Å²) in [7, 11) is 0. The van der Waals surface area contributed by atoms with Crippen LogP contribution >= 0.6 is 0 Å². The fraction of sp³-hybridized carbons (Fsp3) is 0.357. The topological polar surface area (TPSA) is 70.7 Å². The molecule has 0 saturated heterocycles. The molecule has 0 bridgehead atoms. The first-order valence-electron chi connectivity index (χ1n) is 6.49. The third-order valence-corrected chi connectivity index (χ3v) is 2.88. The first-order valence-corrected chi connectivity index (χ1v) is 6.49. The quantitative estimate of drug-likeness (QED) is 0.893. The summed E-state index contributed by atoms with van der Waals surface area (Å²) in [6.45, 7) is 5.49. The van der Waals surface area contributed by atoms with Crippen LogP contribution in [0.5, 0.6) is 0 Å². The predicted molar refractivity (Wildman–Crippen MR) is 76.1 cm³/mol. The number of aromatic amines is 1. The van der Waals surface area contributed by atoms with Crippen LogP contribution < -0.4 is 10.9 Å². The largest absolute Gasteiger partial charge is 0.416 e. The van der Waals surface area contributed by atoms with Crippen molar-refractivity contribution in [1.29, 1.82) is 0 Å². The standard InChI is InChI=1S/C14H15F3N4O/c1-13(2,3)10-11(22)19-12(21-20-10)18-9-6-4-8(5-7-9)14(15,16)17/h4-7H,1-3H3,(H2,18,19,21,22). The van der Waals surface area contributed by atoms with E-state index in [1.807, 2.05) is 20.8 Å². The van der Waals surface area contributed by atoms with Crippen molar-refractivity contribution in [2.24, 2.45) is 0 Å². The molecule has 0 aliphatic rings. The van der Waals surface area contributed by atoms with Crippen molar-refractivity contribution in [3.8, 4) is 0 Å². The van der Waals surface area contributed by atoms with Crippen LogP contribution in [0.15, 0.2) is 29.1 Å². The van der Waals surface area contributed by atoms with E-state index in [1.165, 1.54) is 12.1 Å². The Morgan fingerprint density at radius 3 is 2.09 bits per heavy atom. The molecule has 5 nitrogen and oxygen atoms in total. The van der Waals surface area contributed by atoms with Gasteiger partial charge in [0.15, 0.2) is 0 Å². The van der Waals surface area contributed by atoms with Crippen LogP contribution in [0.3, 0.4) is 0 Å². The van der Waals surface area contributed by atoms with Crippen LogP contribution in [0, 0.1) is 0 Å². The van der Waals surface area contributed by atoms with E-state index in [-0.39, 0.29) is 11.6 Å². The maximum absolute atomic E-state index is 12.5. The number of hydrogen-bond acceptors (Lipinski definition) is 4. The second kappa shape index (κ2) is 5.43. The summed E-state index contributed by atoms with van der Waals surface area (Å²) in [5, 5.41) is 10.4. The number of aromatic nitrogens is 3. The van der Waals surface area contributed by atoms with E-state index < -0.39 is 22.7 Å². The van der Waals surface area contributed by atoms with Gasteiger partial charge in [-0.25, -0.2) is 0 Å². The zero-order valence-electron chi connectivity index (χ0n) is 12.2. The van der Waals surface area contributed by atoms with E-state index in [0.29, 0.717) is 5.69 Å². The molecule has 0 amide bonds. The smallest absolute Gasteiger partial charge is 0.324 e. The average Bonchev–Trinajstić information content (AvgIpc) is 2.36. The molecule has 118 valence electrons. The number of nitrogens with zero attached hydrogens (tertiary/aromatic N) is 2. The Hall–Kier alpha value is -2.38. The van der Waals surface area contributed by atoms with Gasteiger partial charge in [-0.3, -0.25) is 9.78 Å². The maximum Gasteiger partial charge on any atom is 0.416 e. The molecule has 2 rings (SSSR count). The molecule has 1 aromatic heterocycles. The average molecular weight is 312 g/mol. The van der Waals surface area contributed by atoms with Gasteiger partial charge in [-0.15, -0.1) is 10.2 Å². The maximum atomic E-state index is 12.5. The van der Waals surface area contributed by atoms with Crippen LogP contribution in [0.1, 0.15) is 32.0 Å². The zero-order chi connectivity index (χ0) is 16.5.